The molecule has 1 aromatic heterocycles. The first-order chi connectivity index (χ1) is 9.64. The van der Waals surface area contributed by atoms with Gasteiger partial charge in [-0.1, -0.05) is 13.8 Å². The summed E-state index contributed by atoms with van der Waals surface area (Å²) in [6.07, 6.45) is 0.656. The van der Waals surface area contributed by atoms with Crippen molar-refractivity contribution in [1.82, 2.24) is 15.5 Å². The van der Waals surface area contributed by atoms with Crippen LogP contribution in [0.4, 0.5) is 0 Å². The molecule has 0 saturated carbocycles. The molecule has 1 aromatic rings. The smallest absolute Gasteiger partial charge is 0.273 e. The molecule has 2 rings (SSSR count). The van der Waals surface area contributed by atoms with Gasteiger partial charge in [0.05, 0.1) is 17.8 Å². The summed E-state index contributed by atoms with van der Waals surface area (Å²) in [6.45, 7) is 6.33. The second-order valence-corrected chi connectivity index (χ2v) is 8.23. The Kier molecular flexibility index (Phi) is 4.32. The third-order valence-corrected chi connectivity index (χ3v) is 4.78. The summed E-state index contributed by atoms with van der Waals surface area (Å²) in [7, 11) is 1.38. The lowest BCUT2D eigenvalue weighted by Crippen LogP contribution is -2.46. The molecule has 1 amide bonds. The first kappa shape index (κ1) is 16.3. The van der Waals surface area contributed by atoms with E-state index in [0.717, 1.165) is 0 Å². The van der Waals surface area contributed by atoms with E-state index in [-0.39, 0.29) is 16.5 Å². The molecule has 21 heavy (non-hydrogen) atoms. The van der Waals surface area contributed by atoms with Crippen LogP contribution in [0.2, 0.25) is 0 Å². The number of aromatic nitrogens is 2. The molecule has 0 bridgehead atoms. The quantitative estimate of drug-likeness (QED) is 0.809. The maximum Gasteiger partial charge on any atom is 0.273 e. The number of hydrogen-bond acceptors (Lipinski definition) is 5. The van der Waals surface area contributed by atoms with Gasteiger partial charge in [-0.25, -0.2) is 8.42 Å². The van der Waals surface area contributed by atoms with Crippen molar-refractivity contribution in [2.45, 2.75) is 43.5 Å². The molecule has 9 heteroatoms. The minimum absolute atomic E-state index is 0.159. The van der Waals surface area contributed by atoms with E-state index in [0.29, 0.717) is 25.3 Å². The first-order valence-electron chi connectivity index (χ1n) is 6.57. The van der Waals surface area contributed by atoms with Crippen LogP contribution >= 0.6 is 10.7 Å². The van der Waals surface area contributed by atoms with E-state index in [2.05, 4.69) is 15.5 Å². The van der Waals surface area contributed by atoms with Crippen molar-refractivity contribution in [1.29, 1.82) is 0 Å². The van der Waals surface area contributed by atoms with Crippen molar-refractivity contribution in [3.05, 3.63) is 11.4 Å². The Morgan fingerprint density at radius 3 is 2.67 bits per heavy atom. The number of aromatic amines is 1. The van der Waals surface area contributed by atoms with E-state index in [1.807, 2.05) is 6.92 Å². The SMILES string of the molecule is CC(C)c1[nH]nc(C(=O)NC2(C)CCOC2)c1S(=O)(=O)Cl. The highest BCUT2D eigenvalue weighted by atomic mass is 35.7. The number of amides is 1. The predicted octanol–water partition coefficient (Wildman–Crippen LogP) is 1.37. The molecule has 1 atom stereocenters. The van der Waals surface area contributed by atoms with Crippen molar-refractivity contribution in [2.24, 2.45) is 0 Å². The average Bonchev–Trinajstić information content (AvgIpc) is 2.93. The van der Waals surface area contributed by atoms with Gasteiger partial charge in [0, 0.05) is 17.3 Å². The van der Waals surface area contributed by atoms with Crippen molar-refractivity contribution in [3.63, 3.8) is 0 Å². The van der Waals surface area contributed by atoms with Crippen LogP contribution in [0.1, 0.15) is 49.3 Å². The van der Waals surface area contributed by atoms with Gasteiger partial charge in [-0.2, -0.15) is 5.10 Å². The molecule has 2 heterocycles. The third-order valence-electron chi connectivity index (χ3n) is 3.42. The van der Waals surface area contributed by atoms with E-state index in [1.54, 1.807) is 13.8 Å². The van der Waals surface area contributed by atoms with Crippen molar-refractivity contribution < 1.29 is 17.9 Å². The van der Waals surface area contributed by atoms with Crippen LogP contribution in [-0.2, 0) is 13.8 Å². The molecule has 1 unspecified atom stereocenters. The minimum atomic E-state index is -4.08. The van der Waals surface area contributed by atoms with Gasteiger partial charge in [-0.15, -0.1) is 0 Å². The van der Waals surface area contributed by atoms with E-state index >= 15 is 0 Å². The monoisotopic (exact) mass is 335 g/mol. The van der Waals surface area contributed by atoms with E-state index in [4.69, 9.17) is 15.4 Å². The standard InChI is InChI=1S/C12H18ClN3O4S/c1-7(2)8-10(21(13,18)19)9(16-15-8)11(17)14-12(3)4-5-20-6-12/h7H,4-6H2,1-3H3,(H,14,17)(H,15,16). The molecule has 1 aliphatic heterocycles. The predicted molar refractivity (Wildman–Crippen MR) is 77.0 cm³/mol. The second-order valence-electron chi connectivity index (χ2n) is 5.72. The number of nitrogens with one attached hydrogen (secondary N) is 2. The fraction of sp³-hybridized carbons (Fsp3) is 0.667. The van der Waals surface area contributed by atoms with Crippen LogP contribution in [0.25, 0.3) is 0 Å². The number of nitrogens with zero attached hydrogens (tertiary/aromatic N) is 1. The lowest BCUT2D eigenvalue weighted by atomic mass is 10.0. The van der Waals surface area contributed by atoms with Crippen molar-refractivity contribution in [2.75, 3.05) is 13.2 Å². The summed E-state index contributed by atoms with van der Waals surface area (Å²) < 4.78 is 28.8. The van der Waals surface area contributed by atoms with Crippen LogP contribution in [0, 0.1) is 0 Å². The molecule has 0 spiro atoms. The van der Waals surface area contributed by atoms with Crippen LogP contribution in [-0.4, -0.2) is 43.3 Å². The molecular weight excluding hydrogens is 318 g/mol. The van der Waals surface area contributed by atoms with Gasteiger partial charge in [-0.05, 0) is 19.3 Å². The Hall–Kier alpha value is -1.12. The number of halogens is 1. The van der Waals surface area contributed by atoms with Gasteiger partial charge >= 0.3 is 0 Å². The number of carbonyl (C=O) groups is 1. The maximum absolute atomic E-state index is 12.3. The van der Waals surface area contributed by atoms with Crippen LogP contribution in [0.3, 0.4) is 0 Å². The molecule has 0 aromatic carbocycles. The number of ether oxygens (including phenoxy) is 1. The Balaban J connectivity index is 2.38. The molecule has 1 saturated heterocycles. The van der Waals surface area contributed by atoms with Gasteiger partial charge in [0.25, 0.3) is 15.0 Å². The zero-order chi connectivity index (χ0) is 15.8. The summed E-state index contributed by atoms with van der Waals surface area (Å²) >= 11 is 0. The zero-order valence-electron chi connectivity index (χ0n) is 12.1. The Morgan fingerprint density at radius 2 is 2.19 bits per heavy atom. The lowest BCUT2D eigenvalue weighted by Gasteiger charge is -2.23. The molecule has 0 aliphatic carbocycles. The van der Waals surface area contributed by atoms with Crippen LogP contribution in [0.15, 0.2) is 4.90 Å². The maximum atomic E-state index is 12.3. The number of hydrogen-bond donors (Lipinski definition) is 2. The summed E-state index contributed by atoms with van der Waals surface area (Å²) in [5.41, 5.74) is -0.411. The lowest BCUT2D eigenvalue weighted by molar-refractivity contribution is 0.0881. The average molecular weight is 336 g/mol. The van der Waals surface area contributed by atoms with Gasteiger partial charge < -0.3 is 10.1 Å². The van der Waals surface area contributed by atoms with Crippen LogP contribution in [0.5, 0.6) is 0 Å². The molecule has 2 N–H and O–H groups in total. The Morgan fingerprint density at radius 1 is 1.52 bits per heavy atom. The summed E-state index contributed by atoms with van der Waals surface area (Å²) in [6, 6.07) is 0. The first-order valence-corrected chi connectivity index (χ1v) is 8.88. The zero-order valence-corrected chi connectivity index (χ0v) is 13.6. The van der Waals surface area contributed by atoms with Gasteiger partial charge in [0.15, 0.2) is 5.69 Å². The third kappa shape index (κ3) is 3.38. The largest absolute Gasteiger partial charge is 0.379 e. The van der Waals surface area contributed by atoms with E-state index in [9.17, 15) is 13.2 Å². The van der Waals surface area contributed by atoms with Crippen molar-refractivity contribution >= 4 is 25.6 Å². The topological polar surface area (TPSA) is 101 Å². The van der Waals surface area contributed by atoms with Crippen LogP contribution < -0.4 is 5.32 Å². The molecule has 7 nitrogen and oxygen atoms in total. The Bertz CT molecular complexity index is 647. The van der Waals surface area contributed by atoms with Crippen molar-refractivity contribution in [3.8, 4) is 0 Å². The fourth-order valence-corrected chi connectivity index (χ4v) is 3.62. The number of H-pyrrole nitrogens is 1. The normalized spacial score (nSPS) is 22.7. The molecule has 118 valence electrons. The highest BCUT2D eigenvalue weighted by Gasteiger charge is 2.35. The number of carbonyl (C=O) groups excluding carboxylic acids is 1. The fourth-order valence-electron chi connectivity index (χ4n) is 2.24. The highest BCUT2D eigenvalue weighted by molar-refractivity contribution is 8.13. The van der Waals surface area contributed by atoms with Gasteiger partial charge in [0.1, 0.15) is 4.90 Å². The molecule has 1 fully saturated rings. The van der Waals surface area contributed by atoms with E-state index < -0.39 is 20.5 Å². The Labute approximate surface area is 127 Å². The second kappa shape index (κ2) is 5.58. The van der Waals surface area contributed by atoms with Gasteiger partial charge in [-0.3, -0.25) is 9.89 Å². The minimum Gasteiger partial charge on any atom is -0.379 e. The van der Waals surface area contributed by atoms with Gasteiger partial charge in [0.2, 0.25) is 0 Å². The summed E-state index contributed by atoms with van der Waals surface area (Å²) in [4.78, 5) is 12.1. The molecule has 1 aliphatic rings. The summed E-state index contributed by atoms with van der Waals surface area (Å²) in [5, 5.41) is 9.20. The molecule has 0 radical (unpaired) electrons. The highest BCUT2D eigenvalue weighted by Crippen LogP contribution is 2.28. The summed E-state index contributed by atoms with van der Waals surface area (Å²) in [5.74, 6) is -0.738. The number of rotatable bonds is 4. The van der Waals surface area contributed by atoms with E-state index in [1.165, 1.54) is 0 Å². The molecular formula is C12H18ClN3O4S.